The second-order valence-electron chi connectivity index (χ2n) is 6.20. The van der Waals surface area contributed by atoms with Gasteiger partial charge >= 0.3 is 0 Å². The Hall–Kier alpha value is -3.35. The fourth-order valence-electron chi connectivity index (χ4n) is 2.70. The molecule has 0 bridgehead atoms. The van der Waals surface area contributed by atoms with E-state index in [1.54, 1.807) is 24.3 Å². The van der Waals surface area contributed by atoms with E-state index in [0.29, 0.717) is 23.9 Å². The van der Waals surface area contributed by atoms with Crippen LogP contribution in [0.15, 0.2) is 58.1 Å². The number of nitrogens with zero attached hydrogens (tertiary/aromatic N) is 1. The van der Waals surface area contributed by atoms with Crippen LogP contribution in [0.2, 0.25) is 0 Å². The second kappa shape index (κ2) is 8.35. The number of rotatable bonds is 7. The van der Waals surface area contributed by atoms with E-state index >= 15 is 0 Å². The van der Waals surface area contributed by atoms with E-state index in [4.69, 9.17) is 4.74 Å². The van der Waals surface area contributed by atoms with Gasteiger partial charge in [0.05, 0.1) is 23.9 Å². The van der Waals surface area contributed by atoms with Gasteiger partial charge in [-0.15, -0.1) is 0 Å². The highest BCUT2D eigenvalue weighted by atomic mass is 16.5. The number of carbonyl (C=O) groups is 1. The molecule has 2 N–H and O–H groups in total. The molecule has 7 nitrogen and oxygen atoms in total. The molecule has 3 rings (SSSR count). The number of carbonyl (C=O) groups excluding carboxylic acids is 1. The summed E-state index contributed by atoms with van der Waals surface area (Å²) in [4.78, 5) is 36.4. The van der Waals surface area contributed by atoms with E-state index in [0.717, 1.165) is 11.3 Å². The van der Waals surface area contributed by atoms with Gasteiger partial charge in [0.25, 0.3) is 11.1 Å². The fourth-order valence-corrected chi connectivity index (χ4v) is 2.70. The lowest BCUT2D eigenvalue weighted by Gasteiger charge is -2.09. The first-order valence-electron chi connectivity index (χ1n) is 8.72. The zero-order valence-electron chi connectivity index (χ0n) is 15.0. The molecular weight excluding hydrogens is 346 g/mol. The summed E-state index contributed by atoms with van der Waals surface area (Å²) >= 11 is 0. The molecule has 0 spiro atoms. The average molecular weight is 367 g/mol. The summed E-state index contributed by atoms with van der Waals surface area (Å²) in [5.74, 6) is 0.526. The van der Waals surface area contributed by atoms with Crippen LogP contribution in [-0.4, -0.2) is 28.8 Å². The third-order valence-electron chi connectivity index (χ3n) is 4.16. The highest BCUT2D eigenvalue weighted by Gasteiger charge is 2.08. The number of aryl methyl sites for hydroxylation is 2. The van der Waals surface area contributed by atoms with Crippen LogP contribution in [-0.2, 0) is 11.3 Å². The van der Waals surface area contributed by atoms with Gasteiger partial charge in [-0.3, -0.25) is 19.5 Å². The van der Waals surface area contributed by atoms with Crippen molar-refractivity contribution in [1.82, 2.24) is 15.1 Å². The molecule has 2 aromatic carbocycles. The Bertz CT molecular complexity index is 1050. The molecule has 7 heteroatoms. The number of hydrogen-bond donors (Lipinski definition) is 2. The number of benzene rings is 2. The van der Waals surface area contributed by atoms with Crippen molar-refractivity contribution in [3.63, 3.8) is 0 Å². The summed E-state index contributed by atoms with van der Waals surface area (Å²) < 4.78 is 6.71. The minimum atomic E-state index is -0.350. The maximum absolute atomic E-state index is 12.4. The van der Waals surface area contributed by atoms with Crippen molar-refractivity contribution in [2.75, 3.05) is 13.2 Å². The Balaban J connectivity index is 1.50. The van der Waals surface area contributed by atoms with Gasteiger partial charge in [-0.05, 0) is 31.2 Å². The zero-order chi connectivity index (χ0) is 19.2. The minimum absolute atomic E-state index is 0.0821. The van der Waals surface area contributed by atoms with Gasteiger partial charge < -0.3 is 10.1 Å². The van der Waals surface area contributed by atoms with Crippen LogP contribution in [0.1, 0.15) is 12.0 Å². The zero-order valence-corrected chi connectivity index (χ0v) is 15.0. The van der Waals surface area contributed by atoms with Crippen LogP contribution in [0.5, 0.6) is 5.75 Å². The van der Waals surface area contributed by atoms with Crippen molar-refractivity contribution in [3.05, 3.63) is 74.8 Å². The van der Waals surface area contributed by atoms with E-state index < -0.39 is 0 Å². The molecule has 0 atom stereocenters. The predicted octanol–water partition coefficient (Wildman–Crippen LogP) is 1.58. The standard InChI is InChI=1S/C20H21N3O4/c1-14-6-8-15(9-7-14)27-13-11-21-18(24)10-12-23-20(26)17-5-3-2-4-16(17)19(25)22-23/h2-9H,10-13H2,1H3,(H,21,24)(H,22,25). The van der Waals surface area contributed by atoms with Crippen molar-refractivity contribution < 1.29 is 9.53 Å². The predicted molar refractivity (Wildman–Crippen MR) is 103 cm³/mol. The Morgan fingerprint density at radius 2 is 1.78 bits per heavy atom. The molecule has 0 radical (unpaired) electrons. The molecule has 27 heavy (non-hydrogen) atoms. The van der Waals surface area contributed by atoms with E-state index in [2.05, 4.69) is 10.4 Å². The lowest BCUT2D eigenvalue weighted by atomic mass is 10.2. The molecule has 0 fully saturated rings. The summed E-state index contributed by atoms with van der Waals surface area (Å²) in [5.41, 5.74) is 0.482. The largest absolute Gasteiger partial charge is 0.492 e. The number of hydrogen-bond acceptors (Lipinski definition) is 4. The number of aromatic amines is 1. The minimum Gasteiger partial charge on any atom is -0.492 e. The van der Waals surface area contributed by atoms with E-state index in [9.17, 15) is 14.4 Å². The molecule has 0 aliphatic carbocycles. The third kappa shape index (κ3) is 4.63. The molecule has 1 heterocycles. The van der Waals surface area contributed by atoms with Gasteiger partial charge in [0.1, 0.15) is 12.4 Å². The van der Waals surface area contributed by atoms with Crippen molar-refractivity contribution in [3.8, 4) is 5.75 Å². The van der Waals surface area contributed by atoms with E-state index in [1.807, 2.05) is 31.2 Å². The SMILES string of the molecule is Cc1ccc(OCCNC(=O)CCn2[nH]c(=O)c3ccccc3c2=O)cc1. The molecule has 1 aromatic heterocycles. The summed E-state index contributed by atoms with van der Waals surface area (Å²) in [6, 6.07) is 14.3. The van der Waals surface area contributed by atoms with Crippen LogP contribution in [0.25, 0.3) is 10.8 Å². The maximum Gasteiger partial charge on any atom is 0.273 e. The lowest BCUT2D eigenvalue weighted by molar-refractivity contribution is -0.121. The molecule has 0 aliphatic rings. The summed E-state index contributed by atoms with van der Waals surface area (Å²) in [7, 11) is 0. The lowest BCUT2D eigenvalue weighted by Crippen LogP contribution is -2.33. The Kier molecular flexibility index (Phi) is 5.71. The molecule has 0 saturated carbocycles. The molecule has 140 valence electrons. The van der Waals surface area contributed by atoms with Crippen LogP contribution < -0.4 is 21.2 Å². The first-order chi connectivity index (χ1) is 13.0. The first kappa shape index (κ1) is 18.4. The Morgan fingerprint density at radius 1 is 1.07 bits per heavy atom. The normalized spacial score (nSPS) is 10.7. The number of fused-ring (bicyclic) bond motifs is 1. The quantitative estimate of drug-likeness (QED) is 0.620. The first-order valence-corrected chi connectivity index (χ1v) is 8.72. The summed E-state index contributed by atoms with van der Waals surface area (Å²) in [6.45, 7) is 2.80. The van der Waals surface area contributed by atoms with Gasteiger partial charge in [-0.25, -0.2) is 4.68 Å². The highest BCUT2D eigenvalue weighted by Crippen LogP contribution is 2.10. The molecule has 0 saturated heterocycles. The molecular formula is C20H21N3O4. The third-order valence-corrected chi connectivity index (χ3v) is 4.16. The van der Waals surface area contributed by atoms with Gasteiger partial charge in [0.15, 0.2) is 0 Å². The number of aromatic nitrogens is 2. The number of H-pyrrole nitrogens is 1. The maximum atomic E-state index is 12.4. The van der Waals surface area contributed by atoms with E-state index in [1.165, 1.54) is 4.68 Å². The van der Waals surface area contributed by atoms with Crippen LogP contribution in [0, 0.1) is 6.92 Å². The van der Waals surface area contributed by atoms with Crippen molar-refractivity contribution in [2.45, 2.75) is 19.9 Å². The Labute approximate surface area is 155 Å². The monoisotopic (exact) mass is 367 g/mol. The van der Waals surface area contributed by atoms with Crippen molar-refractivity contribution in [2.24, 2.45) is 0 Å². The number of nitrogens with one attached hydrogen (secondary N) is 2. The summed E-state index contributed by atoms with van der Waals surface area (Å²) in [5, 5.41) is 5.93. The topological polar surface area (TPSA) is 93.2 Å². The van der Waals surface area contributed by atoms with Gasteiger partial charge in [0, 0.05) is 6.42 Å². The fraction of sp³-hybridized carbons (Fsp3) is 0.250. The number of ether oxygens (including phenoxy) is 1. The second-order valence-corrected chi connectivity index (χ2v) is 6.20. The van der Waals surface area contributed by atoms with Gasteiger partial charge in [-0.1, -0.05) is 29.8 Å². The van der Waals surface area contributed by atoms with Crippen LogP contribution in [0.3, 0.4) is 0 Å². The van der Waals surface area contributed by atoms with Gasteiger partial charge in [-0.2, -0.15) is 0 Å². The molecule has 0 unspecified atom stereocenters. The van der Waals surface area contributed by atoms with Crippen molar-refractivity contribution in [1.29, 1.82) is 0 Å². The van der Waals surface area contributed by atoms with E-state index in [-0.39, 0.29) is 30.0 Å². The number of amides is 1. The van der Waals surface area contributed by atoms with Crippen molar-refractivity contribution >= 4 is 16.7 Å². The highest BCUT2D eigenvalue weighted by molar-refractivity contribution is 5.80. The molecule has 3 aromatic rings. The average Bonchev–Trinajstić information content (AvgIpc) is 2.68. The molecule has 0 aliphatic heterocycles. The smallest absolute Gasteiger partial charge is 0.273 e. The van der Waals surface area contributed by atoms with Crippen LogP contribution in [0.4, 0.5) is 0 Å². The van der Waals surface area contributed by atoms with Gasteiger partial charge in [0.2, 0.25) is 5.91 Å². The molecule has 1 amide bonds. The summed E-state index contributed by atoms with van der Waals surface area (Å²) in [6.07, 6.45) is 0.0821. The Morgan fingerprint density at radius 3 is 2.52 bits per heavy atom. The van der Waals surface area contributed by atoms with Crippen LogP contribution >= 0.6 is 0 Å².